The van der Waals surface area contributed by atoms with Crippen LogP contribution in [0.4, 0.5) is 4.39 Å². The van der Waals surface area contributed by atoms with Crippen molar-refractivity contribution in [3.63, 3.8) is 0 Å². The molecule has 2 aromatic rings. The van der Waals surface area contributed by atoms with Gasteiger partial charge >= 0.3 is 5.97 Å². The van der Waals surface area contributed by atoms with E-state index < -0.39 is 5.97 Å². The summed E-state index contributed by atoms with van der Waals surface area (Å²) in [5, 5.41) is 13.1. The zero-order valence-electron chi connectivity index (χ0n) is 14.7. The normalized spacial score (nSPS) is 16.5. The summed E-state index contributed by atoms with van der Waals surface area (Å²) in [6.45, 7) is 6.42. The van der Waals surface area contributed by atoms with Gasteiger partial charge in [0, 0.05) is 31.4 Å². The molecule has 6 heteroatoms. The van der Waals surface area contributed by atoms with Gasteiger partial charge in [-0.15, -0.1) is 0 Å². The second-order valence-corrected chi connectivity index (χ2v) is 7.00. The Morgan fingerprint density at radius 2 is 2.04 bits per heavy atom. The molecular weight excluding hydrogens is 321 g/mol. The van der Waals surface area contributed by atoms with E-state index in [0.29, 0.717) is 12.5 Å². The van der Waals surface area contributed by atoms with Crippen molar-refractivity contribution in [3.8, 4) is 0 Å². The van der Waals surface area contributed by atoms with Crippen LogP contribution < -0.4 is 0 Å². The number of aromatic nitrogens is 2. The minimum Gasteiger partial charge on any atom is -0.476 e. The van der Waals surface area contributed by atoms with Gasteiger partial charge in [-0.3, -0.25) is 9.58 Å². The molecule has 2 heterocycles. The molecule has 0 amide bonds. The number of nitrogens with zero attached hydrogens (tertiary/aromatic N) is 3. The number of hydrogen-bond donors (Lipinski definition) is 1. The number of carboxylic acid groups (broad SMARTS) is 1. The molecule has 1 aromatic heterocycles. The van der Waals surface area contributed by atoms with Crippen molar-refractivity contribution in [2.45, 2.75) is 45.2 Å². The van der Waals surface area contributed by atoms with Crippen LogP contribution in [0.1, 0.15) is 60.3 Å². The summed E-state index contributed by atoms with van der Waals surface area (Å²) in [6.07, 6.45) is 3.49. The predicted molar refractivity (Wildman–Crippen MR) is 93.2 cm³/mol. The zero-order chi connectivity index (χ0) is 18.0. The molecule has 0 unspecified atom stereocenters. The van der Waals surface area contributed by atoms with E-state index in [4.69, 9.17) is 5.11 Å². The molecule has 1 fully saturated rings. The van der Waals surface area contributed by atoms with Crippen LogP contribution in [0, 0.1) is 5.82 Å². The van der Waals surface area contributed by atoms with Crippen LogP contribution in [0.3, 0.4) is 0 Å². The minimum absolute atomic E-state index is 0.0785. The molecule has 1 aliphatic heterocycles. The van der Waals surface area contributed by atoms with Crippen molar-refractivity contribution in [1.29, 1.82) is 0 Å². The van der Waals surface area contributed by atoms with Crippen LogP contribution in [0.5, 0.6) is 0 Å². The maximum absolute atomic E-state index is 14.3. The number of hydrogen-bond acceptors (Lipinski definition) is 3. The molecule has 0 spiro atoms. The quantitative estimate of drug-likeness (QED) is 0.898. The maximum Gasteiger partial charge on any atom is 0.356 e. The highest BCUT2D eigenvalue weighted by Gasteiger charge is 2.22. The van der Waals surface area contributed by atoms with E-state index in [2.05, 4.69) is 23.8 Å². The summed E-state index contributed by atoms with van der Waals surface area (Å²) in [4.78, 5) is 13.2. The number of halogens is 1. The smallest absolute Gasteiger partial charge is 0.356 e. The molecule has 134 valence electrons. The maximum atomic E-state index is 14.3. The van der Waals surface area contributed by atoms with Gasteiger partial charge in [0.05, 0.1) is 6.04 Å². The van der Waals surface area contributed by atoms with Gasteiger partial charge in [0.2, 0.25) is 0 Å². The predicted octanol–water partition coefficient (Wildman–Crippen LogP) is 3.68. The Morgan fingerprint density at radius 3 is 2.60 bits per heavy atom. The fourth-order valence-corrected chi connectivity index (χ4v) is 3.29. The van der Waals surface area contributed by atoms with E-state index >= 15 is 0 Å². The number of likely N-dealkylation sites (tertiary alicyclic amines) is 1. The Hall–Kier alpha value is -2.21. The molecule has 1 N–H and O–H groups in total. The highest BCUT2D eigenvalue weighted by Crippen LogP contribution is 2.25. The van der Waals surface area contributed by atoms with Crippen LogP contribution in [-0.4, -0.2) is 38.8 Å². The van der Waals surface area contributed by atoms with Crippen molar-refractivity contribution < 1.29 is 14.3 Å². The lowest BCUT2D eigenvalue weighted by molar-refractivity contribution is 0.0688. The van der Waals surface area contributed by atoms with Crippen molar-refractivity contribution in [1.82, 2.24) is 14.7 Å². The molecule has 5 nitrogen and oxygen atoms in total. The SMILES string of the molecule is CC(C)c1ccc(CN2CCC(n3ccc(C(=O)O)n3)CC2)c(F)c1. The number of carbonyl (C=O) groups is 1. The van der Waals surface area contributed by atoms with Crippen LogP contribution in [0.15, 0.2) is 30.5 Å². The third-order valence-electron chi connectivity index (χ3n) is 4.90. The molecular formula is C19H24FN3O2. The summed E-state index contributed by atoms with van der Waals surface area (Å²) in [5.41, 5.74) is 1.83. The topological polar surface area (TPSA) is 58.4 Å². The van der Waals surface area contributed by atoms with Crippen molar-refractivity contribution >= 4 is 5.97 Å². The van der Waals surface area contributed by atoms with Crippen LogP contribution in [0.25, 0.3) is 0 Å². The standard InChI is InChI=1S/C19H24FN3O2/c1-13(2)14-3-4-15(17(20)11-14)12-22-8-5-16(6-9-22)23-10-7-18(21-23)19(24)25/h3-4,7,10-11,13,16H,5-6,8-9,12H2,1-2H3,(H,24,25). The average molecular weight is 345 g/mol. The van der Waals surface area contributed by atoms with E-state index in [1.165, 1.54) is 6.07 Å². The second-order valence-electron chi connectivity index (χ2n) is 7.00. The molecule has 3 rings (SSSR count). The van der Waals surface area contributed by atoms with Gasteiger partial charge in [-0.2, -0.15) is 5.10 Å². The van der Waals surface area contributed by atoms with Gasteiger partial charge in [0.15, 0.2) is 5.69 Å². The fraction of sp³-hybridized carbons (Fsp3) is 0.474. The van der Waals surface area contributed by atoms with E-state index in [9.17, 15) is 9.18 Å². The van der Waals surface area contributed by atoms with Gasteiger partial charge in [-0.05, 0) is 36.5 Å². The van der Waals surface area contributed by atoms with E-state index in [0.717, 1.165) is 37.1 Å². The first-order valence-corrected chi connectivity index (χ1v) is 8.73. The fourth-order valence-electron chi connectivity index (χ4n) is 3.29. The Balaban J connectivity index is 1.58. The minimum atomic E-state index is -1.00. The largest absolute Gasteiger partial charge is 0.476 e. The summed E-state index contributed by atoms with van der Waals surface area (Å²) < 4.78 is 16.0. The van der Waals surface area contributed by atoms with E-state index in [1.54, 1.807) is 16.9 Å². The zero-order valence-corrected chi connectivity index (χ0v) is 14.7. The summed E-state index contributed by atoms with van der Waals surface area (Å²) in [5.74, 6) is -0.813. The molecule has 1 saturated heterocycles. The van der Waals surface area contributed by atoms with Crippen LogP contribution in [0.2, 0.25) is 0 Å². The number of piperidine rings is 1. The molecule has 0 atom stereocenters. The second kappa shape index (κ2) is 7.35. The number of aromatic carboxylic acids is 1. The first-order chi connectivity index (χ1) is 11.9. The average Bonchev–Trinajstić information content (AvgIpc) is 3.07. The van der Waals surface area contributed by atoms with Crippen molar-refractivity contribution in [2.24, 2.45) is 0 Å². The molecule has 0 aliphatic carbocycles. The molecule has 1 aliphatic rings. The molecule has 25 heavy (non-hydrogen) atoms. The Morgan fingerprint density at radius 1 is 1.32 bits per heavy atom. The third kappa shape index (κ3) is 4.07. The van der Waals surface area contributed by atoms with Gasteiger partial charge in [-0.25, -0.2) is 9.18 Å². The molecule has 0 saturated carbocycles. The number of benzene rings is 1. The van der Waals surface area contributed by atoms with E-state index in [-0.39, 0.29) is 17.6 Å². The van der Waals surface area contributed by atoms with Crippen molar-refractivity contribution in [3.05, 3.63) is 53.1 Å². The molecule has 0 bridgehead atoms. The Labute approximate surface area is 147 Å². The first-order valence-electron chi connectivity index (χ1n) is 8.73. The summed E-state index contributed by atoms with van der Waals surface area (Å²) in [7, 11) is 0. The number of carboxylic acids is 1. The third-order valence-corrected chi connectivity index (χ3v) is 4.90. The van der Waals surface area contributed by atoms with E-state index in [1.807, 2.05) is 12.1 Å². The van der Waals surface area contributed by atoms with Gasteiger partial charge in [-0.1, -0.05) is 26.0 Å². The Bertz CT molecular complexity index is 749. The van der Waals surface area contributed by atoms with Crippen LogP contribution in [-0.2, 0) is 6.54 Å². The van der Waals surface area contributed by atoms with Gasteiger partial charge in [0.25, 0.3) is 0 Å². The lowest BCUT2D eigenvalue weighted by Gasteiger charge is -2.32. The highest BCUT2D eigenvalue weighted by molar-refractivity contribution is 5.85. The van der Waals surface area contributed by atoms with Gasteiger partial charge < -0.3 is 5.11 Å². The van der Waals surface area contributed by atoms with Gasteiger partial charge in [0.1, 0.15) is 5.82 Å². The summed E-state index contributed by atoms with van der Waals surface area (Å²) >= 11 is 0. The van der Waals surface area contributed by atoms with Crippen molar-refractivity contribution in [2.75, 3.05) is 13.1 Å². The number of rotatable bonds is 5. The summed E-state index contributed by atoms with van der Waals surface area (Å²) in [6, 6.07) is 7.28. The lowest BCUT2D eigenvalue weighted by atomic mass is 10.00. The lowest BCUT2D eigenvalue weighted by Crippen LogP contribution is -2.34. The van der Waals surface area contributed by atoms with Crippen LogP contribution >= 0.6 is 0 Å². The Kier molecular flexibility index (Phi) is 5.18. The molecule has 1 aromatic carbocycles. The monoisotopic (exact) mass is 345 g/mol. The first kappa shape index (κ1) is 17.6. The molecule has 0 radical (unpaired) electrons. The highest BCUT2D eigenvalue weighted by atomic mass is 19.1.